The summed E-state index contributed by atoms with van der Waals surface area (Å²) in [6, 6.07) is 3.30. The van der Waals surface area contributed by atoms with Gasteiger partial charge in [0.15, 0.2) is 0 Å². The number of hydrogen-bond donors (Lipinski definition) is 1. The van der Waals surface area contributed by atoms with Crippen LogP contribution in [0.5, 0.6) is 0 Å². The van der Waals surface area contributed by atoms with Crippen molar-refractivity contribution in [1.82, 2.24) is 4.90 Å². The summed E-state index contributed by atoms with van der Waals surface area (Å²) < 4.78 is 0.735. The number of carbonyl (C=O) groups excluding carboxylic acids is 1. The third kappa shape index (κ3) is 3.54. The maximum atomic E-state index is 12.5. The first-order valence-corrected chi connectivity index (χ1v) is 7.91. The summed E-state index contributed by atoms with van der Waals surface area (Å²) in [5.74, 6) is 0.357. The van der Waals surface area contributed by atoms with Gasteiger partial charge in [-0.3, -0.25) is 4.79 Å². The Balaban J connectivity index is 2.17. The minimum absolute atomic E-state index is 0.0331. The molecular formula is C13H14Cl2INO2. The van der Waals surface area contributed by atoms with Crippen molar-refractivity contribution < 1.29 is 9.90 Å². The van der Waals surface area contributed by atoms with Crippen molar-refractivity contribution in [3.8, 4) is 0 Å². The molecule has 0 saturated carbocycles. The maximum Gasteiger partial charge on any atom is 0.255 e. The highest BCUT2D eigenvalue weighted by Gasteiger charge is 2.28. The fraction of sp³-hybridized carbons (Fsp3) is 0.462. The number of halogens is 3. The molecule has 1 unspecified atom stereocenters. The molecule has 0 aliphatic carbocycles. The second-order valence-electron chi connectivity index (χ2n) is 4.67. The Hall–Kier alpha value is -0.0400. The van der Waals surface area contributed by atoms with E-state index >= 15 is 0 Å². The molecule has 104 valence electrons. The van der Waals surface area contributed by atoms with Crippen LogP contribution in [0.25, 0.3) is 0 Å². The Labute approximate surface area is 136 Å². The van der Waals surface area contributed by atoms with Crippen LogP contribution in [0.15, 0.2) is 12.1 Å². The summed E-state index contributed by atoms with van der Waals surface area (Å²) in [6.07, 6.45) is 1.69. The topological polar surface area (TPSA) is 40.5 Å². The normalized spacial score (nSPS) is 18.9. The van der Waals surface area contributed by atoms with E-state index in [9.17, 15) is 4.79 Å². The van der Waals surface area contributed by atoms with Gasteiger partial charge < -0.3 is 10.0 Å². The molecule has 1 heterocycles. The lowest BCUT2D eigenvalue weighted by molar-refractivity contribution is 0.0783. The highest BCUT2D eigenvalue weighted by atomic mass is 127. The number of nitrogens with zero attached hydrogens (tertiary/aromatic N) is 1. The van der Waals surface area contributed by atoms with Crippen molar-refractivity contribution in [2.24, 2.45) is 5.92 Å². The lowest BCUT2D eigenvalue weighted by Crippen LogP contribution is -2.29. The standard InChI is InChI=1S/C13H14Cl2INO2/c14-9-5-10(12(16)11(15)6-9)13(19)17-3-1-8(7-17)2-4-18/h5-6,8,18H,1-4,7H2. The number of carbonyl (C=O) groups is 1. The number of benzene rings is 1. The Bertz CT molecular complexity index is 496. The minimum atomic E-state index is -0.0331. The first-order valence-electron chi connectivity index (χ1n) is 6.07. The zero-order valence-corrected chi connectivity index (χ0v) is 13.9. The molecule has 1 saturated heterocycles. The molecule has 0 spiro atoms. The van der Waals surface area contributed by atoms with Crippen molar-refractivity contribution in [2.75, 3.05) is 19.7 Å². The largest absolute Gasteiger partial charge is 0.396 e. The first kappa shape index (κ1) is 15.4. The van der Waals surface area contributed by atoms with E-state index in [1.165, 1.54) is 0 Å². The molecule has 1 aromatic rings. The molecule has 1 atom stereocenters. The van der Waals surface area contributed by atoms with Crippen LogP contribution in [0.4, 0.5) is 0 Å². The molecule has 2 rings (SSSR count). The van der Waals surface area contributed by atoms with Crippen LogP contribution in [0, 0.1) is 9.49 Å². The van der Waals surface area contributed by atoms with Gasteiger partial charge in [-0.25, -0.2) is 0 Å². The zero-order valence-electron chi connectivity index (χ0n) is 10.2. The van der Waals surface area contributed by atoms with Crippen molar-refractivity contribution in [2.45, 2.75) is 12.8 Å². The van der Waals surface area contributed by atoms with Crippen LogP contribution in [0.2, 0.25) is 10.0 Å². The predicted octanol–water partition coefficient (Wildman–Crippen LogP) is 3.44. The van der Waals surface area contributed by atoms with E-state index in [0.29, 0.717) is 28.1 Å². The Morgan fingerprint density at radius 3 is 2.89 bits per heavy atom. The number of aliphatic hydroxyl groups excluding tert-OH is 1. The molecule has 1 N–H and O–H groups in total. The summed E-state index contributed by atoms with van der Waals surface area (Å²) in [7, 11) is 0. The third-order valence-corrected chi connectivity index (χ3v) is 5.33. The van der Waals surface area contributed by atoms with Crippen molar-refractivity contribution in [3.63, 3.8) is 0 Å². The van der Waals surface area contributed by atoms with E-state index in [4.69, 9.17) is 28.3 Å². The number of rotatable bonds is 3. The lowest BCUT2D eigenvalue weighted by Gasteiger charge is -2.18. The summed E-state index contributed by atoms with van der Waals surface area (Å²) >= 11 is 14.1. The van der Waals surface area contributed by atoms with E-state index in [1.54, 1.807) is 12.1 Å². The van der Waals surface area contributed by atoms with E-state index in [2.05, 4.69) is 22.6 Å². The first-order chi connectivity index (χ1) is 9.02. The highest BCUT2D eigenvalue weighted by molar-refractivity contribution is 14.1. The average molecular weight is 414 g/mol. The molecular weight excluding hydrogens is 400 g/mol. The van der Waals surface area contributed by atoms with E-state index in [1.807, 2.05) is 4.90 Å². The number of likely N-dealkylation sites (tertiary alicyclic amines) is 1. The van der Waals surface area contributed by atoms with E-state index in [-0.39, 0.29) is 12.5 Å². The molecule has 19 heavy (non-hydrogen) atoms. The summed E-state index contributed by atoms with van der Waals surface area (Å²) in [4.78, 5) is 14.3. The van der Waals surface area contributed by atoms with Crippen LogP contribution in [0.3, 0.4) is 0 Å². The van der Waals surface area contributed by atoms with Gasteiger partial charge in [0, 0.05) is 28.3 Å². The lowest BCUT2D eigenvalue weighted by atomic mass is 10.1. The quantitative estimate of drug-likeness (QED) is 0.609. The van der Waals surface area contributed by atoms with Crippen LogP contribution >= 0.6 is 45.8 Å². The number of hydrogen-bond acceptors (Lipinski definition) is 2. The second-order valence-corrected chi connectivity index (χ2v) is 6.59. The van der Waals surface area contributed by atoms with Gasteiger partial charge in [-0.1, -0.05) is 23.2 Å². The van der Waals surface area contributed by atoms with E-state index < -0.39 is 0 Å². The fourth-order valence-corrected chi connectivity index (χ4v) is 3.35. The molecule has 1 aliphatic rings. The smallest absolute Gasteiger partial charge is 0.255 e. The maximum absolute atomic E-state index is 12.5. The SMILES string of the molecule is O=C(c1cc(Cl)cc(Cl)c1I)N1CCC(CCO)C1. The fourth-order valence-electron chi connectivity index (χ4n) is 2.32. The van der Waals surface area contributed by atoms with Crippen molar-refractivity contribution in [1.29, 1.82) is 0 Å². The van der Waals surface area contributed by atoms with Gasteiger partial charge in [-0.05, 0) is 53.5 Å². The Morgan fingerprint density at radius 1 is 1.47 bits per heavy atom. The summed E-state index contributed by atoms with van der Waals surface area (Å²) in [5.41, 5.74) is 0.558. The number of amides is 1. The molecule has 0 bridgehead atoms. The Morgan fingerprint density at radius 2 is 2.21 bits per heavy atom. The third-order valence-electron chi connectivity index (χ3n) is 3.33. The van der Waals surface area contributed by atoms with Crippen molar-refractivity contribution >= 4 is 51.7 Å². The van der Waals surface area contributed by atoms with Gasteiger partial charge in [0.05, 0.1) is 10.6 Å². The van der Waals surface area contributed by atoms with Crippen LogP contribution in [-0.4, -0.2) is 35.6 Å². The minimum Gasteiger partial charge on any atom is -0.396 e. The van der Waals surface area contributed by atoms with Gasteiger partial charge in [0.1, 0.15) is 0 Å². The molecule has 0 radical (unpaired) electrons. The van der Waals surface area contributed by atoms with Crippen LogP contribution in [-0.2, 0) is 0 Å². The van der Waals surface area contributed by atoms with Gasteiger partial charge in [0.25, 0.3) is 5.91 Å². The Kier molecular flexibility index (Phi) is 5.34. The molecule has 1 amide bonds. The predicted molar refractivity (Wildman–Crippen MR) is 84.9 cm³/mol. The van der Waals surface area contributed by atoms with Gasteiger partial charge in [-0.2, -0.15) is 0 Å². The molecule has 1 fully saturated rings. The second kappa shape index (κ2) is 6.61. The monoisotopic (exact) mass is 413 g/mol. The van der Waals surface area contributed by atoms with Gasteiger partial charge >= 0.3 is 0 Å². The molecule has 1 aliphatic heterocycles. The van der Waals surface area contributed by atoms with Crippen LogP contribution < -0.4 is 0 Å². The molecule has 0 aromatic heterocycles. The molecule has 3 nitrogen and oxygen atoms in total. The summed E-state index contributed by atoms with van der Waals surface area (Å²) in [6.45, 7) is 1.59. The average Bonchev–Trinajstić information content (AvgIpc) is 2.82. The van der Waals surface area contributed by atoms with Crippen molar-refractivity contribution in [3.05, 3.63) is 31.3 Å². The summed E-state index contributed by atoms with van der Waals surface area (Å²) in [5, 5.41) is 9.92. The molecule has 6 heteroatoms. The molecule has 1 aromatic carbocycles. The van der Waals surface area contributed by atoms with Crippen LogP contribution in [0.1, 0.15) is 23.2 Å². The number of aliphatic hydroxyl groups is 1. The highest BCUT2D eigenvalue weighted by Crippen LogP contribution is 2.29. The van der Waals surface area contributed by atoms with E-state index in [0.717, 1.165) is 23.0 Å². The zero-order chi connectivity index (χ0) is 14.0. The van der Waals surface area contributed by atoms with Gasteiger partial charge in [-0.15, -0.1) is 0 Å². The van der Waals surface area contributed by atoms with Gasteiger partial charge in [0.2, 0.25) is 0 Å².